The van der Waals surface area contributed by atoms with Crippen LogP contribution in [0, 0.1) is 5.41 Å². The van der Waals surface area contributed by atoms with Crippen molar-refractivity contribution in [2.45, 2.75) is 32.6 Å². The van der Waals surface area contributed by atoms with E-state index in [-0.39, 0.29) is 6.03 Å². The molecule has 2 aliphatic heterocycles. The van der Waals surface area contributed by atoms with E-state index in [1.54, 1.807) is 0 Å². The number of nitrogens with zero attached hydrogens (tertiary/aromatic N) is 1. The Kier molecular flexibility index (Phi) is 3.69. The minimum Gasteiger partial charge on any atom is -0.338 e. The maximum Gasteiger partial charge on any atom is 0.317 e. The molecular weight excluding hydrogens is 202 g/mol. The molecule has 1 spiro atoms. The summed E-state index contributed by atoms with van der Waals surface area (Å²) in [4.78, 5) is 13.8. The lowest BCUT2D eigenvalue weighted by atomic mass is 9.74. The van der Waals surface area contributed by atoms with E-state index >= 15 is 0 Å². The Morgan fingerprint density at radius 1 is 1.44 bits per heavy atom. The standard InChI is InChI=1S/C12H23N3O/c1-2-14-11(16)15-8-4-6-12(10-15)5-3-7-13-9-12/h13H,2-10H2,1H3,(H,14,16). The lowest BCUT2D eigenvalue weighted by Crippen LogP contribution is -2.54. The number of hydrogen-bond acceptors (Lipinski definition) is 2. The van der Waals surface area contributed by atoms with E-state index in [0.29, 0.717) is 5.41 Å². The van der Waals surface area contributed by atoms with Crippen LogP contribution in [0.25, 0.3) is 0 Å². The number of carbonyl (C=O) groups is 1. The van der Waals surface area contributed by atoms with Gasteiger partial charge < -0.3 is 15.5 Å². The molecule has 4 heteroatoms. The fourth-order valence-corrected chi connectivity index (χ4v) is 3.02. The number of hydrogen-bond donors (Lipinski definition) is 2. The zero-order chi connectivity index (χ0) is 11.4. The summed E-state index contributed by atoms with van der Waals surface area (Å²) in [5.41, 5.74) is 0.363. The van der Waals surface area contributed by atoms with E-state index in [9.17, 15) is 4.79 Å². The van der Waals surface area contributed by atoms with E-state index in [1.165, 1.54) is 19.3 Å². The number of rotatable bonds is 1. The van der Waals surface area contributed by atoms with Crippen LogP contribution in [-0.2, 0) is 0 Å². The summed E-state index contributed by atoms with van der Waals surface area (Å²) < 4.78 is 0. The molecule has 2 rings (SSSR count). The molecule has 0 radical (unpaired) electrons. The molecule has 1 unspecified atom stereocenters. The summed E-state index contributed by atoms with van der Waals surface area (Å²) in [6.07, 6.45) is 4.95. The number of carbonyl (C=O) groups excluding carboxylic acids is 1. The normalized spacial score (nSPS) is 30.4. The Balaban J connectivity index is 1.94. The summed E-state index contributed by atoms with van der Waals surface area (Å²) in [5, 5.41) is 6.38. The predicted molar refractivity (Wildman–Crippen MR) is 64.4 cm³/mol. The highest BCUT2D eigenvalue weighted by Gasteiger charge is 2.37. The molecule has 2 saturated heterocycles. The summed E-state index contributed by atoms with van der Waals surface area (Å²) >= 11 is 0. The van der Waals surface area contributed by atoms with Gasteiger partial charge in [-0.15, -0.1) is 0 Å². The number of amides is 2. The van der Waals surface area contributed by atoms with Crippen LogP contribution in [0.1, 0.15) is 32.6 Å². The van der Waals surface area contributed by atoms with Crippen LogP contribution in [0.5, 0.6) is 0 Å². The van der Waals surface area contributed by atoms with E-state index in [4.69, 9.17) is 0 Å². The van der Waals surface area contributed by atoms with Crippen molar-refractivity contribution in [2.24, 2.45) is 5.41 Å². The molecule has 2 amide bonds. The van der Waals surface area contributed by atoms with Crippen molar-refractivity contribution in [3.63, 3.8) is 0 Å². The Hall–Kier alpha value is -0.770. The Labute approximate surface area is 97.8 Å². The van der Waals surface area contributed by atoms with Crippen molar-refractivity contribution >= 4 is 6.03 Å². The number of nitrogens with one attached hydrogen (secondary N) is 2. The zero-order valence-electron chi connectivity index (χ0n) is 10.2. The molecule has 0 aliphatic carbocycles. The highest BCUT2D eigenvalue weighted by Crippen LogP contribution is 2.35. The van der Waals surface area contributed by atoms with Gasteiger partial charge in [-0.3, -0.25) is 0 Å². The van der Waals surface area contributed by atoms with Gasteiger partial charge in [-0.25, -0.2) is 4.79 Å². The van der Waals surface area contributed by atoms with Crippen LogP contribution in [0.15, 0.2) is 0 Å². The van der Waals surface area contributed by atoms with Crippen molar-refractivity contribution in [2.75, 3.05) is 32.7 Å². The molecule has 4 nitrogen and oxygen atoms in total. The molecular formula is C12H23N3O. The molecule has 0 bridgehead atoms. The van der Waals surface area contributed by atoms with Gasteiger partial charge in [-0.1, -0.05) is 0 Å². The van der Waals surface area contributed by atoms with Crippen molar-refractivity contribution in [3.8, 4) is 0 Å². The van der Waals surface area contributed by atoms with E-state index in [1.807, 2.05) is 11.8 Å². The topological polar surface area (TPSA) is 44.4 Å². The van der Waals surface area contributed by atoms with Gasteiger partial charge in [-0.05, 0) is 39.2 Å². The van der Waals surface area contributed by atoms with E-state index in [0.717, 1.165) is 39.1 Å². The molecule has 2 aliphatic rings. The van der Waals surface area contributed by atoms with E-state index in [2.05, 4.69) is 10.6 Å². The average Bonchev–Trinajstić information content (AvgIpc) is 2.30. The fraction of sp³-hybridized carbons (Fsp3) is 0.917. The monoisotopic (exact) mass is 225 g/mol. The minimum absolute atomic E-state index is 0.118. The van der Waals surface area contributed by atoms with E-state index < -0.39 is 0 Å². The lowest BCUT2D eigenvalue weighted by molar-refractivity contribution is 0.0816. The van der Waals surface area contributed by atoms with Crippen LogP contribution >= 0.6 is 0 Å². The van der Waals surface area contributed by atoms with Crippen molar-refractivity contribution < 1.29 is 4.79 Å². The number of urea groups is 1. The number of likely N-dealkylation sites (tertiary alicyclic amines) is 1. The first-order valence-electron chi connectivity index (χ1n) is 6.49. The van der Waals surface area contributed by atoms with Crippen molar-refractivity contribution in [1.29, 1.82) is 0 Å². The van der Waals surface area contributed by atoms with Gasteiger partial charge in [0.2, 0.25) is 0 Å². The minimum atomic E-state index is 0.118. The first-order chi connectivity index (χ1) is 7.76. The van der Waals surface area contributed by atoms with Crippen LogP contribution in [0.3, 0.4) is 0 Å². The molecule has 92 valence electrons. The van der Waals surface area contributed by atoms with Gasteiger partial charge in [0.15, 0.2) is 0 Å². The second kappa shape index (κ2) is 5.04. The van der Waals surface area contributed by atoms with Crippen molar-refractivity contribution in [1.82, 2.24) is 15.5 Å². The zero-order valence-corrected chi connectivity index (χ0v) is 10.2. The molecule has 0 aromatic rings. The highest BCUT2D eigenvalue weighted by atomic mass is 16.2. The van der Waals surface area contributed by atoms with Crippen LogP contribution in [0.2, 0.25) is 0 Å². The van der Waals surface area contributed by atoms with Crippen LogP contribution in [-0.4, -0.2) is 43.7 Å². The van der Waals surface area contributed by atoms with Crippen LogP contribution < -0.4 is 10.6 Å². The molecule has 2 N–H and O–H groups in total. The summed E-state index contributed by atoms with van der Waals surface area (Å²) in [7, 11) is 0. The molecule has 0 aromatic heterocycles. The molecule has 0 saturated carbocycles. The third-order valence-corrected chi connectivity index (χ3v) is 3.84. The second-order valence-corrected chi connectivity index (χ2v) is 5.14. The van der Waals surface area contributed by atoms with Gasteiger partial charge in [0, 0.05) is 31.6 Å². The Morgan fingerprint density at radius 2 is 2.25 bits per heavy atom. The smallest absolute Gasteiger partial charge is 0.317 e. The molecule has 2 fully saturated rings. The van der Waals surface area contributed by atoms with Gasteiger partial charge in [0.25, 0.3) is 0 Å². The lowest BCUT2D eigenvalue weighted by Gasteiger charge is -2.45. The maximum atomic E-state index is 11.8. The van der Waals surface area contributed by atoms with Gasteiger partial charge in [-0.2, -0.15) is 0 Å². The van der Waals surface area contributed by atoms with Gasteiger partial charge >= 0.3 is 6.03 Å². The molecule has 16 heavy (non-hydrogen) atoms. The van der Waals surface area contributed by atoms with Crippen molar-refractivity contribution in [3.05, 3.63) is 0 Å². The molecule has 1 atom stereocenters. The fourth-order valence-electron chi connectivity index (χ4n) is 3.02. The summed E-state index contributed by atoms with van der Waals surface area (Å²) in [6.45, 7) is 6.78. The Bertz CT molecular complexity index is 243. The summed E-state index contributed by atoms with van der Waals surface area (Å²) in [5.74, 6) is 0. The molecule has 2 heterocycles. The van der Waals surface area contributed by atoms with Gasteiger partial charge in [0.05, 0.1) is 0 Å². The SMILES string of the molecule is CCNC(=O)N1CCCC2(CCCNC2)C1. The maximum absolute atomic E-state index is 11.8. The Morgan fingerprint density at radius 3 is 2.94 bits per heavy atom. The third-order valence-electron chi connectivity index (χ3n) is 3.84. The first kappa shape index (κ1) is 11.7. The predicted octanol–water partition coefficient (Wildman–Crippen LogP) is 1.18. The third kappa shape index (κ3) is 2.48. The molecule has 0 aromatic carbocycles. The first-order valence-corrected chi connectivity index (χ1v) is 6.49. The number of piperidine rings is 2. The van der Waals surface area contributed by atoms with Gasteiger partial charge in [0.1, 0.15) is 0 Å². The van der Waals surface area contributed by atoms with Crippen LogP contribution in [0.4, 0.5) is 4.79 Å². The largest absolute Gasteiger partial charge is 0.338 e. The quantitative estimate of drug-likeness (QED) is 0.704. The second-order valence-electron chi connectivity index (χ2n) is 5.14. The average molecular weight is 225 g/mol. The highest BCUT2D eigenvalue weighted by molar-refractivity contribution is 5.74. The summed E-state index contributed by atoms with van der Waals surface area (Å²) in [6, 6.07) is 0.118.